The van der Waals surface area contributed by atoms with Crippen molar-refractivity contribution in [3.05, 3.63) is 0 Å². The van der Waals surface area contributed by atoms with Gasteiger partial charge < -0.3 is 0 Å². The van der Waals surface area contributed by atoms with Crippen molar-refractivity contribution >= 4 is 7.74 Å². The summed E-state index contributed by atoms with van der Waals surface area (Å²) in [6, 6.07) is 0. The van der Waals surface area contributed by atoms with Crippen LogP contribution >= 0.6 is 7.74 Å². The van der Waals surface area contributed by atoms with Crippen molar-refractivity contribution in [3.63, 3.8) is 0 Å². The zero-order chi connectivity index (χ0) is 4.86. The van der Waals surface area contributed by atoms with Crippen molar-refractivity contribution < 1.29 is 68.1 Å². The zero-order valence-corrected chi connectivity index (χ0v) is 7.35. The van der Waals surface area contributed by atoms with Gasteiger partial charge in [0, 0.05) is 44.1 Å². The molecule has 0 bridgehead atoms. The summed E-state index contributed by atoms with van der Waals surface area (Å²) >= 11 is 0. The third-order valence-electron chi connectivity index (χ3n) is 0.275. The molecule has 8 heteroatoms. The molecule has 0 aromatic rings. The summed E-state index contributed by atoms with van der Waals surface area (Å²) in [6.45, 7) is 0. The van der Waals surface area contributed by atoms with Crippen molar-refractivity contribution in [1.82, 2.24) is 0 Å². The van der Waals surface area contributed by atoms with E-state index in [1.165, 1.54) is 0 Å². The molecule has 0 aromatic heterocycles. The molecule has 0 aliphatic carbocycles. The van der Waals surface area contributed by atoms with E-state index >= 15 is 0 Å². The maximum absolute atomic E-state index is 7.89. The van der Waals surface area contributed by atoms with Crippen LogP contribution in [0.4, 0.5) is 0 Å². The third kappa shape index (κ3) is 4.55. The molecule has 0 spiro atoms. The van der Waals surface area contributed by atoms with E-state index in [2.05, 4.69) is 9.35 Å². The summed E-state index contributed by atoms with van der Waals surface area (Å²) in [5.41, 5.74) is 0. The molecular formula is H3AgO5PTi. The Kier molecular flexibility index (Phi) is 4.23. The van der Waals surface area contributed by atoms with Gasteiger partial charge in [0.15, 0.2) is 0 Å². The minimum atomic E-state index is -4.80. The molecule has 1 rings (SSSR count). The molecule has 53 valence electrons. The van der Waals surface area contributed by atoms with Crippen LogP contribution in [0.2, 0.25) is 0 Å². The van der Waals surface area contributed by atoms with E-state index in [-0.39, 0.29) is 44.1 Å². The Morgan fingerprint density at radius 1 is 1.00 bits per heavy atom. The predicted molar refractivity (Wildman–Crippen MR) is 15.7 cm³/mol. The summed E-state index contributed by atoms with van der Waals surface area (Å²) in [4.78, 5) is 23.7. The molecule has 1 fully saturated rings. The average Bonchev–Trinajstić information content (AvgIpc) is 1.73. The van der Waals surface area contributed by atoms with Gasteiger partial charge in [0.2, 0.25) is 0 Å². The summed E-state index contributed by atoms with van der Waals surface area (Å²) in [5.74, 6) is 0. The van der Waals surface area contributed by atoms with Crippen LogP contribution in [0.15, 0.2) is 0 Å². The van der Waals surface area contributed by atoms with Gasteiger partial charge in [-0.2, -0.15) is 0 Å². The van der Waals surface area contributed by atoms with E-state index in [9.17, 15) is 0 Å². The molecule has 1 radical (unpaired) electrons. The fourth-order valence-corrected chi connectivity index (χ4v) is 0.402. The summed E-state index contributed by atoms with van der Waals surface area (Å²) < 4.78 is 6.76. The molecule has 3 N–H and O–H groups in total. The molecule has 5 nitrogen and oxygen atoms in total. The second-order valence-corrected chi connectivity index (χ2v) is 2.95. The van der Waals surface area contributed by atoms with Crippen LogP contribution < -0.4 is 0 Å². The molecule has 1 aliphatic rings. The molecule has 1 saturated heterocycles. The number of rotatable bonds is 0. The van der Waals surface area contributed by atoms with Gasteiger partial charge in [-0.15, -0.1) is 0 Å². The van der Waals surface area contributed by atoms with Crippen molar-refractivity contribution in [2.24, 2.45) is 0 Å². The third-order valence-corrected chi connectivity index (χ3v) is 0.824. The van der Waals surface area contributed by atoms with Crippen LogP contribution in [0.25, 0.3) is 0 Å². The van der Waals surface area contributed by atoms with Crippen LogP contribution in [0.3, 0.4) is 0 Å². The first kappa shape index (κ1) is 12.4. The molecule has 0 saturated carbocycles. The average molecular weight is 270 g/mol. The Bertz CT molecular complexity index is 76.2. The second kappa shape index (κ2) is 2.74. The molecule has 0 amide bonds. The molecular weight excluding hydrogens is 267 g/mol. The number of hydrogen-bond donors (Lipinski definition) is 3. The first-order valence-electron chi connectivity index (χ1n) is 1.13. The molecule has 8 heavy (non-hydrogen) atoms. The van der Waals surface area contributed by atoms with Gasteiger partial charge >= 0.3 is 31.8 Å². The standard InChI is InChI=1S/Ag.H3O5P.Ti/c;1-6(2,3)4-5-6;/h;1-3H;. The van der Waals surface area contributed by atoms with Crippen LogP contribution in [0, 0.1) is 0 Å². The topological polar surface area (TPSA) is 85.8 Å². The molecule has 0 unspecified atom stereocenters. The van der Waals surface area contributed by atoms with E-state index in [0.29, 0.717) is 0 Å². The van der Waals surface area contributed by atoms with Crippen LogP contribution in [0.5, 0.6) is 0 Å². The van der Waals surface area contributed by atoms with Gasteiger partial charge in [-0.05, 0) is 0 Å². The normalized spacial score (nSPS) is 32.1. The minimum absolute atomic E-state index is 0. The quantitative estimate of drug-likeness (QED) is 0.228. The van der Waals surface area contributed by atoms with Gasteiger partial charge in [0.1, 0.15) is 0 Å². The Morgan fingerprint density at radius 3 is 1.12 bits per heavy atom. The van der Waals surface area contributed by atoms with E-state index in [1.54, 1.807) is 0 Å². The second-order valence-electron chi connectivity index (χ2n) is 0.982. The van der Waals surface area contributed by atoms with Gasteiger partial charge in [-0.25, -0.2) is 0 Å². The monoisotopic (exact) mass is 269 g/mol. The van der Waals surface area contributed by atoms with Gasteiger partial charge in [0.25, 0.3) is 0 Å². The van der Waals surface area contributed by atoms with Crippen molar-refractivity contribution in [2.75, 3.05) is 0 Å². The van der Waals surface area contributed by atoms with Crippen molar-refractivity contribution in [3.8, 4) is 0 Å². The summed E-state index contributed by atoms with van der Waals surface area (Å²) in [6.07, 6.45) is 0. The first-order chi connectivity index (χ1) is 2.47. The largest absolute Gasteiger partial charge is 0 e. The van der Waals surface area contributed by atoms with Gasteiger partial charge in [0.05, 0.1) is 0 Å². The van der Waals surface area contributed by atoms with E-state index in [0.717, 1.165) is 0 Å². The Balaban J connectivity index is 0. The van der Waals surface area contributed by atoms with Gasteiger partial charge in [-0.3, -0.25) is 0 Å². The van der Waals surface area contributed by atoms with E-state index in [1.807, 2.05) is 0 Å². The maximum Gasteiger partial charge on any atom is 0 e. The van der Waals surface area contributed by atoms with Crippen LogP contribution in [-0.4, -0.2) is 14.7 Å². The first-order valence-corrected chi connectivity index (χ1v) is 3.06. The van der Waals surface area contributed by atoms with E-state index in [4.69, 9.17) is 14.7 Å². The molecule has 0 atom stereocenters. The fraction of sp³-hybridized carbons (Fsp3) is 0. The summed E-state index contributed by atoms with van der Waals surface area (Å²) in [7, 11) is -4.80. The SMILES string of the molecule is OP1(O)(O)OO1.[Ag].[Ti]. The smallest absolute Gasteiger partial charge is 0 e. The number of hydrogen-bond acceptors (Lipinski definition) is 5. The van der Waals surface area contributed by atoms with Crippen molar-refractivity contribution in [1.29, 1.82) is 0 Å². The van der Waals surface area contributed by atoms with E-state index < -0.39 is 7.74 Å². The fourth-order valence-electron chi connectivity index (χ4n) is 0.0447. The predicted octanol–water partition coefficient (Wildman–Crippen LogP) is -0.952. The maximum atomic E-state index is 7.89. The molecule has 1 aliphatic heterocycles. The van der Waals surface area contributed by atoms with Crippen LogP contribution in [0.1, 0.15) is 0 Å². The Morgan fingerprint density at radius 2 is 1.12 bits per heavy atom. The molecule has 0 aromatic carbocycles. The zero-order valence-electron chi connectivity index (χ0n) is 3.41. The minimum Gasteiger partial charge on any atom is 0 e. The Hall–Kier alpha value is 1.68. The summed E-state index contributed by atoms with van der Waals surface area (Å²) in [5, 5.41) is 0. The van der Waals surface area contributed by atoms with Crippen molar-refractivity contribution in [2.45, 2.75) is 0 Å². The molecule has 1 heterocycles. The van der Waals surface area contributed by atoms with Gasteiger partial charge in [-0.1, -0.05) is 0 Å². The van der Waals surface area contributed by atoms with Crippen LogP contribution in [-0.2, 0) is 53.4 Å². The Labute approximate surface area is 75.6 Å².